The number of hydrogen-bond acceptors (Lipinski definition) is 5. The molecule has 0 saturated heterocycles. The molecule has 8 heteroatoms. The number of amides is 1. The van der Waals surface area contributed by atoms with Gasteiger partial charge in [0, 0.05) is 17.7 Å². The Balaban J connectivity index is 1.81. The Morgan fingerprint density at radius 1 is 0.917 bits per heavy atom. The maximum absolute atomic E-state index is 11.4. The van der Waals surface area contributed by atoms with Crippen LogP contribution in [0.1, 0.15) is 11.1 Å². The average Bonchev–Trinajstić information content (AvgIpc) is 3.30. The Morgan fingerprint density at radius 3 is 2.39 bits per heavy atom. The van der Waals surface area contributed by atoms with Gasteiger partial charge in [0.15, 0.2) is 6.61 Å². The second-order valence-electron chi connectivity index (χ2n) is 8.23. The average molecular weight is 486 g/mol. The number of carboxylic acid groups (broad SMARTS) is 1. The van der Waals surface area contributed by atoms with Crippen molar-refractivity contribution in [3.05, 3.63) is 90.0 Å². The predicted molar refractivity (Wildman–Crippen MR) is 136 cm³/mol. The number of rotatable bonds is 11. The molecule has 3 N–H and O–H groups in total. The molecule has 0 fully saturated rings. The highest BCUT2D eigenvalue weighted by Gasteiger charge is 2.19. The summed E-state index contributed by atoms with van der Waals surface area (Å²) in [6.07, 6.45) is 0.603. The summed E-state index contributed by atoms with van der Waals surface area (Å²) in [5, 5.41) is 14.2. The van der Waals surface area contributed by atoms with E-state index in [2.05, 4.69) is 12.1 Å². The van der Waals surface area contributed by atoms with E-state index in [0.717, 1.165) is 17.7 Å². The number of carbonyl (C=O) groups is 2. The van der Waals surface area contributed by atoms with E-state index in [1.807, 2.05) is 53.2 Å². The first-order valence-corrected chi connectivity index (χ1v) is 11.5. The highest BCUT2D eigenvalue weighted by atomic mass is 16.5. The van der Waals surface area contributed by atoms with Gasteiger partial charge in [0.25, 0.3) is 5.91 Å². The van der Waals surface area contributed by atoms with Crippen LogP contribution in [0, 0.1) is 0 Å². The first-order valence-electron chi connectivity index (χ1n) is 11.5. The lowest BCUT2D eigenvalue weighted by Crippen LogP contribution is -2.20. The van der Waals surface area contributed by atoms with E-state index in [1.54, 1.807) is 25.3 Å². The molecule has 1 amide bonds. The minimum absolute atomic E-state index is 0.156. The van der Waals surface area contributed by atoms with E-state index < -0.39 is 11.9 Å². The summed E-state index contributed by atoms with van der Waals surface area (Å²) in [5.41, 5.74) is 9.90. The molecule has 184 valence electrons. The Morgan fingerprint density at radius 2 is 1.67 bits per heavy atom. The largest absolute Gasteiger partial charge is 0.496 e. The van der Waals surface area contributed by atoms with Crippen LogP contribution >= 0.6 is 0 Å². The van der Waals surface area contributed by atoms with Crippen molar-refractivity contribution in [2.45, 2.75) is 19.4 Å². The fraction of sp³-hybridized carbons (Fsp3) is 0.179. The minimum atomic E-state index is -0.949. The first kappa shape index (κ1) is 24.5. The van der Waals surface area contributed by atoms with Crippen molar-refractivity contribution < 1.29 is 24.2 Å². The van der Waals surface area contributed by atoms with Gasteiger partial charge in [0.2, 0.25) is 0 Å². The van der Waals surface area contributed by atoms with E-state index in [9.17, 15) is 14.7 Å². The third-order valence-electron chi connectivity index (χ3n) is 5.66. The lowest BCUT2D eigenvalue weighted by atomic mass is 10.0. The molecule has 8 nitrogen and oxygen atoms in total. The lowest BCUT2D eigenvalue weighted by Gasteiger charge is -2.11. The Kier molecular flexibility index (Phi) is 7.65. The molecule has 36 heavy (non-hydrogen) atoms. The number of nitrogens with zero attached hydrogens (tertiary/aromatic N) is 2. The van der Waals surface area contributed by atoms with Crippen molar-refractivity contribution in [2.24, 2.45) is 5.73 Å². The van der Waals surface area contributed by atoms with Gasteiger partial charge in [-0.2, -0.15) is 5.10 Å². The van der Waals surface area contributed by atoms with Gasteiger partial charge in [0.05, 0.1) is 24.9 Å². The van der Waals surface area contributed by atoms with E-state index in [-0.39, 0.29) is 13.0 Å². The molecule has 4 rings (SSSR count). The number of hydrogen-bond donors (Lipinski definition) is 2. The second-order valence-corrected chi connectivity index (χ2v) is 8.23. The number of nitrogens with two attached hydrogens (primary N) is 1. The van der Waals surface area contributed by atoms with Crippen molar-refractivity contribution in [3.8, 4) is 34.0 Å². The van der Waals surface area contributed by atoms with E-state index >= 15 is 0 Å². The minimum Gasteiger partial charge on any atom is -0.496 e. The summed E-state index contributed by atoms with van der Waals surface area (Å²) in [6.45, 7) is 0.295. The number of aliphatic carboxylic acids is 1. The van der Waals surface area contributed by atoms with Gasteiger partial charge in [-0.25, -0.2) is 0 Å². The number of benzene rings is 3. The first-order chi connectivity index (χ1) is 17.4. The molecule has 1 aromatic heterocycles. The molecule has 0 bridgehead atoms. The zero-order valence-electron chi connectivity index (χ0n) is 19.9. The summed E-state index contributed by atoms with van der Waals surface area (Å²) >= 11 is 0. The Bertz CT molecular complexity index is 1360. The van der Waals surface area contributed by atoms with Crippen molar-refractivity contribution in [1.82, 2.24) is 9.78 Å². The van der Waals surface area contributed by atoms with E-state index in [0.29, 0.717) is 34.9 Å². The molecule has 0 radical (unpaired) electrons. The molecule has 0 aliphatic carbocycles. The highest BCUT2D eigenvalue weighted by molar-refractivity contribution is 5.79. The molecule has 0 aliphatic heterocycles. The molecular weight excluding hydrogens is 458 g/mol. The predicted octanol–water partition coefficient (Wildman–Crippen LogP) is 3.96. The number of para-hydroxylation sites is 1. The van der Waals surface area contributed by atoms with Gasteiger partial charge in [0.1, 0.15) is 11.5 Å². The molecule has 0 aliphatic rings. The van der Waals surface area contributed by atoms with Crippen LogP contribution in [-0.4, -0.2) is 40.5 Å². The molecule has 0 atom stereocenters. The molecule has 1 heterocycles. The highest BCUT2D eigenvalue weighted by Crippen LogP contribution is 2.36. The standard InChI is InChI=1S/C28H27N3O5/c1-35-25-10-6-5-9-21(25)24-17-23(30-31(24)14-13-19-7-3-2-4-8-19)22-15-20(16-28(33)34)11-12-26(22)36-18-27(29)32/h2-12,15,17H,13-14,16,18H2,1H3,(H2,29,32)(H,33,34). The van der Waals surface area contributed by atoms with Gasteiger partial charge in [-0.1, -0.05) is 48.5 Å². The number of methoxy groups -OCH3 is 1. The van der Waals surface area contributed by atoms with Crippen LogP contribution in [0.25, 0.3) is 22.5 Å². The molecule has 0 spiro atoms. The summed E-state index contributed by atoms with van der Waals surface area (Å²) < 4.78 is 13.2. The summed E-state index contributed by atoms with van der Waals surface area (Å²) in [6, 6.07) is 24.7. The quantitative estimate of drug-likeness (QED) is 0.332. The SMILES string of the molecule is COc1ccccc1-c1cc(-c2cc(CC(=O)O)ccc2OCC(N)=O)nn1CCc1ccccc1. The smallest absolute Gasteiger partial charge is 0.307 e. The molecule has 4 aromatic rings. The zero-order valence-corrected chi connectivity index (χ0v) is 19.9. The third-order valence-corrected chi connectivity index (χ3v) is 5.66. The Labute approximate surface area is 208 Å². The van der Waals surface area contributed by atoms with Crippen LogP contribution in [-0.2, 0) is 29.0 Å². The van der Waals surface area contributed by atoms with Crippen LogP contribution in [0.4, 0.5) is 0 Å². The van der Waals surface area contributed by atoms with Crippen LogP contribution < -0.4 is 15.2 Å². The maximum atomic E-state index is 11.4. The fourth-order valence-electron chi connectivity index (χ4n) is 4.01. The summed E-state index contributed by atoms with van der Waals surface area (Å²) in [4.78, 5) is 22.7. The summed E-state index contributed by atoms with van der Waals surface area (Å²) in [5.74, 6) is -0.467. The topological polar surface area (TPSA) is 117 Å². The van der Waals surface area contributed by atoms with Crippen LogP contribution in [0.2, 0.25) is 0 Å². The van der Waals surface area contributed by atoms with Gasteiger partial charge in [-0.05, 0) is 47.9 Å². The number of primary amides is 1. The number of ether oxygens (including phenoxy) is 2. The van der Waals surface area contributed by atoms with Crippen molar-refractivity contribution >= 4 is 11.9 Å². The number of aryl methyl sites for hydroxylation is 2. The molecule has 3 aromatic carbocycles. The Hall–Kier alpha value is -4.59. The molecule has 0 saturated carbocycles. The monoisotopic (exact) mass is 485 g/mol. The van der Waals surface area contributed by atoms with Crippen molar-refractivity contribution in [1.29, 1.82) is 0 Å². The van der Waals surface area contributed by atoms with Crippen LogP contribution in [0.15, 0.2) is 78.9 Å². The van der Waals surface area contributed by atoms with Gasteiger partial charge in [-0.3, -0.25) is 14.3 Å². The van der Waals surface area contributed by atoms with E-state index in [1.165, 1.54) is 5.56 Å². The lowest BCUT2D eigenvalue weighted by molar-refractivity contribution is -0.136. The van der Waals surface area contributed by atoms with E-state index in [4.69, 9.17) is 20.3 Å². The fourth-order valence-corrected chi connectivity index (χ4v) is 4.01. The van der Waals surface area contributed by atoms with Crippen LogP contribution in [0.5, 0.6) is 11.5 Å². The van der Waals surface area contributed by atoms with Gasteiger partial charge in [-0.15, -0.1) is 0 Å². The van der Waals surface area contributed by atoms with Crippen LogP contribution in [0.3, 0.4) is 0 Å². The van der Waals surface area contributed by atoms with Crippen molar-refractivity contribution in [3.63, 3.8) is 0 Å². The second kappa shape index (κ2) is 11.2. The van der Waals surface area contributed by atoms with Gasteiger partial charge < -0.3 is 20.3 Å². The van der Waals surface area contributed by atoms with Crippen molar-refractivity contribution in [2.75, 3.05) is 13.7 Å². The third kappa shape index (κ3) is 5.90. The number of carbonyl (C=O) groups excluding carboxylic acids is 1. The number of carboxylic acids is 1. The zero-order chi connectivity index (χ0) is 25.5. The maximum Gasteiger partial charge on any atom is 0.307 e. The normalized spacial score (nSPS) is 10.7. The number of aromatic nitrogens is 2. The molecule has 0 unspecified atom stereocenters. The summed E-state index contributed by atoms with van der Waals surface area (Å²) in [7, 11) is 1.62. The molecular formula is C28H27N3O5. The van der Waals surface area contributed by atoms with Gasteiger partial charge >= 0.3 is 5.97 Å².